The fourth-order valence-electron chi connectivity index (χ4n) is 3.65. The summed E-state index contributed by atoms with van der Waals surface area (Å²) < 4.78 is 64.3. The van der Waals surface area contributed by atoms with E-state index in [1.165, 1.54) is 5.56 Å². The number of carbonyl (C=O) groups is 1. The quantitative estimate of drug-likeness (QED) is 0.712. The van der Waals surface area contributed by atoms with Crippen molar-refractivity contribution >= 4 is 16.0 Å². The van der Waals surface area contributed by atoms with Crippen LogP contribution in [0.15, 0.2) is 30.3 Å². The van der Waals surface area contributed by atoms with E-state index in [4.69, 9.17) is 14.6 Å². The second-order valence-electron chi connectivity index (χ2n) is 7.49. The van der Waals surface area contributed by atoms with E-state index in [0.717, 1.165) is 38.9 Å². The Hall–Kier alpha value is -1.69. The lowest BCUT2D eigenvalue weighted by molar-refractivity contribution is -0.192. The molecule has 1 aromatic carbocycles. The molecule has 3 rings (SSSR count). The summed E-state index contributed by atoms with van der Waals surface area (Å²) in [6, 6.07) is 10.5. The van der Waals surface area contributed by atoms with E-state index >= 15 is 0 Å². The van der Waals surface area contributed by atoms with Crippen molar-refractivity contribution < 1.29 is 36.2 Å². The van der Waals surface area contributed by atoms with Gasteiger partial charge in [-0.05, 0) is 31.7 Å². The molecule has 1 aromatic rings. The van der Waals surface area contributed by atoms with Gasteiger partial charge < -0.3 is 9.84 Å². The van der Waals surface area contributed by atoms with Crippen LogP contribution in [-0.4, -0.2) is 67.7 Å². The molecule has 0 aliphatic carbocycles. The highest BCUT2D eigenvalue weighted by atomic mass is 32.2. The zero-order valence-electron chi connectivity index (χ0n) is 16.7. The maximum absolute atomic E-state index is 11.8. The van der Waals surface area contributed by atoms with Crippen LogP contribution in [-0.2, 0) is 26.1 Å². The zero-order chi connectivity index (χ0) is 22.4. The molecule has 0 saturated carbocycles. The van der Waals surface area contributed by atoms with Crippen LogP contribution >= 0.6 is 0 Å². The third-order valence-corrected chi connectivity index (χ3v) is 6.56. The Morgan fingerprint density at radius 1 is 1.33 bits per heavy atom. The number of nitrogens with zero attached hydrogens (tertiary/aromatic N) is 1. The number of ether oxygens (including phenoxy) is 1. The van der Waals surface area contributed by atoms with E-state index < -0.39 is 22.2 Å². The number of hydrogen-bond donors (Lipinski definition) is 2. The van der Waals surface area contributed by atoms with E-state index in [1.807, 2.05) is 6.07 Å². The van der Waals surface area contributed by atoms with Gasteiger partial charge in [-0.25, -0.2) is 17.9 Å². The molecule has 0 amide bonds. The minimum atomic E-state index is -5.08. The number of rotatable bonds is 5. The molecule has 2 aliphatic heterocycles. The SMILES string of the molecule is CCS(=O)(=O)N[C@H]1CCO[C@]2(CCN(Cc3ccccc3)C2)C1.O=C(O)C(F)(F)F. The Kier molecular flexibility index (Phi) is 8.26. The van der Waals surface area contributed by atoms with Gasteiger partial charge in [0, 0.05) is 32.3 Å². The van der Waals surface area contributed by atoms with Crippen molar-refractivity contribution in [1.29, 1.82) is 0 Å². The van der Waals surface area contributed by atoms with Gasteiger partial charge in [0.05, 0.1) is 11.4 Å². The van der Waals surface area contributed by atoms with Crippen LogP contribution in [0.3, 0.4) is 0 Å². The highest BCUT2D eigenvalue weighted by molar-refractivity contribution is 7.89. The number of hydrogen-bond acceptors (Lipinski definition) is 5. The van der Waals surface area contributed by atoms with Gasteiger partial charge in [0.15, 0.2) is 0 Å². The number of carboxylic acids is 1. The fraction of sp³-hybridized carbons (Fsp3) is 0.632. The van der Waals surface area contributed by atoms with Crippen molar-refractivity contribution in [2.24, 2.45) is 0 Å². The maximum atomic E-state index is 11.8. The number of sulfonamides is 1. The molecule has 0 aromatic heterocycles. The van der Waals surface area contributed by atoms with Crippen LogP contribution in [0.25, 0.3) is 0 Å². The number of likely N-dealkylation sites (tertiary alicyclic amines) is 1. The third-order valence-electron chi connectivity index (χ3n) is 5.11. The van der Waals surface area contributed by atoms with Crippen LogP contribution in [0.4, 0.5) is 13.2 Å². The van der Waals surface area contributed by atoms with E-state index in [1.54, 1.807) is 6.92 Å². The fourth-order valence-corrected chi connectivity index (χ4v) is 4.53. The number of aliphatic carboxylic acids is 1. The molecule has 1 spiro atoms. The average Bonchev–Trinajstić information content (AvgIpc) is 3.03. The predicted octanol–water partition coefficient (Wildman–Crippen LogP) is 2.38. The van der Waals surface area contributed by atoms with Crippen molar-refractivity contribution in [3.05, 3.63) is 35.9 Å². The molecule has 0 unspecified atom stereocenters. The normalized spacial score (nSPS) is 25.0. The molecule has 2 fully saturated rings. The molecule has 2 atom stereocenters. The van der Waals surface area contributed by atoms with Crippen LogP contribution in [0, 0.1) is 0 Å². The van der Waals surface area contributed by atoms with Crippen LogP contribution in [0.1, 0.15) is 31.7 Å². The minimum Gasteiger partial charge on any atom is -0.475 e. The van der Waals surface area contributed by atoms with Crippen LogP contribution < -0.4 is 4.72 Å². The topological polar surface area (TPSA) is 95.9 Å². The molecule has 2 N–H and O–H groups in total. The van der Waals surface area contributed by atoms with E-state index in [2.05, 4.69) is 33.9 Å². The molecule has 0 radical (unpaired) electrons. The number of halogens is 3. The first-order valence-corrected chi connectivity index (χ1v) is 11.3. The molecule has 2 saturated heterocycles. The largest absolute Gasteiger partial charge is 0.490 e. The van der Waals surface area contributed by atoms with Crippen molar-refractivity contribution in [3.8, 4) is 0 Å². The monoisotopic (exact) mass is 452 g/mol. The molecule has 30 heavy (non-hydrogen) atoms. The summed E-state index contributed by atoms with van der Waals surface area (Å²) in [6.07, 6.45) is -2.57. The lowest BCUT2D eigenvalue weighted by Crippen LogP contribution is -2.50. The van der Waals surface area contributed by atoms with Crippen LogP contribution in [0.2, 0.25) is 0 Å². The summed E-state index contributed by atoms with van der Waals surface area (Å²) in [6.45, 7) is 5.12. The minimum absolute atomic E-state index is 0.00498. The second-order valence-corrected chi connectivity index (χ2v) is 9.53. The van der Waals surface area contributed by atoms with Gasteiger partial charge >= 0.3 is 12.1 Å². The highest BCUT2D eigenvalue weighted by Gasteiger charge is 2.43. The Bertz CT molecular complexity index is 804. The summed E-state index contributed by atoms with van der Waals surface area (Å²) in [4.78, 5) is 11.3. The Morgan fingerprint density at radius 3 is 2.53 bits per heavy atom. The summed E-state index contributed by atoms with van der Waals surface area (Å²) in [5.41, 5.74) is 1.12. The van der Waals surface area contributed by atoms with E-state index in [-0.39, 0.29) is 17.4 Å². The molecule has 2 heterocycles. The predicted molar refractivity (Wildman–Crippen MR) is 104 cm³/mol. The average molecular weight is 452 g/mol. The molecular weight excluding hydrogens is 425 g/mol. The Balaban J connectivity index is 0.000000396. The lowest BCUT2D eigenvalue weighted by atomic mass is 9.90. The zero-order valence-corrected chi connectivity index (χ0v) is 17.5. The first kappa shape index (κ1) is 24.6. The molecule has 170 valence electrons. The second kappa shape index (κ2) is 10.1. The highest BCUT2D eigenvalue weighted by Crippen LogP contribution is 2.35. The van der Waals surface area contributed by atoms with E-state index in [9.17, 15) is 21.6 Å². The van der Waals surface area contributed by atoms with Gasteiger partial charge in [-0.1, -0.05) is 30.3 Å². The number of carboxylic acid groups (broad SMARTS) is 1. The molecule has 2 aliphatic rings. The van der Waals surface area contributed by atoms with Crippen molar-refractivity contribution in [1.82, 2.24) is 9.62 Å². The van der Waals surface area contributed by atoms with Gasteiger partial charge in [0.25, 0.3) is 0 Å². The Labute approximate surface area is 174 Å². The van der Waals surface area contributed by atoms with Crippen LogP contribution in [0.5, 0.6) is 0 Å². The summed E-state index contributed by atoms with van der Waals surface area (Å²) in [5, 5.41) is 7.12. The third kappa shape index (κ3) is 7.53. The Morgan fingerprint density at radius 2 is 1.97 bits per heavy atom. The molecule has 7 nitrogen and oxygen atoms in total. The number of nitrogens with one attached hydrogen (secondary N) is 1. The van der Waals surface area contributed by atoms with Gasteiger partial charge in [0.2, 0.25) is 10.0 Å². The van der Waals surface area contributed by atoms with Crippen molar-refractivity contribution in [3.63, 3.8) is 0 Å². The first-order valence-electron chi connectivity index (χ1n) is 9.65. The summed E-state index contributed by atoms with van der Waals surface area (Å²) in [7, 11) is -3.15. The first-order chi connectivity index (χ1) is 13.9. The lowest BCUT2D eigenvalue weighted by Gasteiger charge is -2.38. The molecule has 0 bridgehead atoms. The van der Waals surface area contributed by atoms with Crippen molar-refractivity contribution in [2.45, 2.75) is 50.6 Å². The van der Waals surface area contributed by atoms with Gasteiger partial charge in [-0.15, -0.1) is 0 Å². The standard InChI is InChI=1S/C17H26N2O3S.C2HF3O2/c1-2-23(20,21)18-16-8-11-22-17(12-16)9-10-19(14-17)13-15-6-4-3-5-7-15;3-2(4,5)1(6)7/h3-7,16,18H,2,8-14H2,1H3;(H,6,7)/t16-,17+;/m0./s1. The van der Waals surface area contributed by atoms with Crippen molar-refractivity contribution in [2.75, 3.05) is 25.4 Å². The smallest absolute Gasteiger partial charge is 0.475 e. The molecule has 11 heteroatoms. The maximum Gasteiger partial charge on any atom is 0.490 e. The number of benzene rings is 1. The van der Waals surface area contributed by atoms with Gasteiger partial charge in [-0.2, -0.15) is 13.2 Å². The summed E-state index contributed by atoms with van der Waals surface area (Å²) >= 11 is 0. The van der Waals surface area contributed by atoms with Gasteiger partial charge in [0.1, 0.15) is 0 Å². The summed E-state index contributed by atoms with van der Waals surface area (Å²) in [5.74, 6) is -2.62. The molecular formula is C19H27F3N2O5S. The van der Waals surface area contributed by atoms with Gasteiger partial charge in [-0.3, -0.25) is 4.90 Å². The number of alkyl halides is 3. The van der Waals surface area contributed by atoms with E-state index in [0.29, 0.717) is 6.61 Å².